The number of methoxy groups -OCH3 is 1. The average Bonchev–Trinajstić information content (AvgIpc) is 2.81. The number of thioether (sulfide) groups is 1. The Morgan fingerprint density at radius 3 is 2.42 bits per heavy atom. The van der Waals surface area contributed by atoms with E-state index in [0.717, 1.165) is 12.0 Å². The molecule has 26 heavy (non-hydrogen) atoms. The number of carboxylic acids is 1. The van der Waals surface area contributed by atoms with Gasteiger partial charge in [0.2, 0.25) is 0 Å². The highest BCUT2D eigenvalue weighted by molar-refractivity contribution is 8.18. The van der Waals surface area contributed by atoms with E-state index in [-0.39, 0.29) is 20.7 Å². The summed E-state index contributed by atoms with van der Waals surface area (Å²) in [4.78, 5) is 46.8. The van der Waals surface area contributed by atoms with E-state index < -0.39 is 36.2 Å². The number of amides is 2. The first-order valence-electron chi connectivity index (χ1n) is 6.88. The molecule has 1 fully saturated rings. The van der Waals surface area contributed by atoms with Crippen LogP contribution in [0.3, 0.4) is 0 Å². The number of halogens is 2. The first-order valence-corrected chi connectivity index (χ1v) is 8.46. The monoisotopic (exact) mass is 419 g/mol. The maximum Gasteiger partial charge on any atom is 0.341 e. The molecule has 1 N–H and O–H groups in total. The average molecular weight is 420 g/mol. The predicted molar refractivity (Wildman–Crippen MR) is 94.3 cm³/mol. The zero-order valence-electron chi connectivity index (χ0n) is 13.2. The number of benzene rings is 1. The van der Waals surface area contributed by atoms with Crippen molar-refractivity contribution in [2.45, 2.75) is 0 Å². The minimum absolute atomic E-state index is 0.00770. The van der Waals surface area contributed by atoms with Gasteiger partial charge in [-0.15, -0.1) is 0 Å². The second kappa shape index (κ2) is 8.43. The van der Waals surface area contributed by atoms with Gasteiger partial charge in [-0.2, -0.15) is 0 Å². The van der Waals surface area contributed by atoms with Crippen LogP contribution < -0.4 is 4.74 Å². The molecular weight excluding hydrogens is 409 g/mol. The van der Waals surface area contributed by atoms with E-state index in [4.69, 9.17) is 33.0 Å². The molecule has 1 heterocycles. The largest absolute Gasteiger partial charge is 0.479 e. The fraction of sp³-hybridized carbons (Fsp3) is 0.200. The number of carbonyl (C=O) groups excluding carboxylic acids is 3. The van der Waals surface area contributed by atoms with Crippen LogP contribution in [0.5, 0.6) is 5.75 Å². The van der Waals surface area contributed by atoms with Gasteiger partial charge < -0.3 is 14.6 Å². The van der Waals surface area contributed by atoms with Crippen molar-refractivity contribution >= 4 is 64.1 Å². The Balaban J connectivity index is 2.24. The Morgan fingerprint density at radius 1 is 1.27 bits per heavy atom. The Morgan fingerprint density at radius 2 is 1.88 bits per heavy atom. The van der Waals surface area contributed by atoms with Gasteiger partial charge in [0.25, 0.3) is 11.1 Å². The molecule has 0 unspecified atom stereocenters. The minimum Gasteiger partial charge on any atom is -0.479 e. The van der Waals surface area contributed by atoms with Gasteiger partial charge in [-0.1, -0.05) is 23.2 Å². The summed E-state index contributed by atoms with van der Waals surface area (Å²) >= 11 is 12.7. The van der Waals surface area contributed by atoms with Gasteiger partial charge in [0, 0.05) is 0 Å². The van der Waals surface area contributed by atoms with Crippen molar-refractivity contribution in [1.29, 1.82) is 0 Å². The van der Waals surface area contributed by atoms with E-state index in [1.165, 1.54) is 18.2 Å². The summed E-state index contributed by atoms with van der Waals surface area (Å²) in [5, 5.41) is 8.10. The van der Waals surface area contributed by atoms with Gasteiger partial charge >= 0.3 is 11.9 Å². The number of ether oxygens (including phenoxy) is 2. The molecular formula is C15H11Cl2NO7S. The molecule has 138 valence electrons. The number of hydrogen-bond acceptors (Lipinski definition) is 7. The summed E-state index contributed by atoms with van der Waals surface area (Å²) in [7, 11) is 1.15. The van der Waals surface area contributed by atoms with Gasteiger partial charge in [0.15, 0.2) is 12.4 Å². The molecule has 0 aromatic heterocycles. The van der Waals surface area contributed by atoms with Crippen molar-refractivity contribution in [2.24, 2.45) is 0 Å². The lowest BCUT2D eigenvalue weighted by atomic mass is 10.2. The molecule has 11 heteroatoms. The number of carboxylic acid groups (broad SMARTS) is 1. The first-order chi connectivity index (χ1) is 12.2. The zero-order chi connectivity index (χ0) is 19.4. The molecule has 0 bridgehead atoms. The molecule has 1 aromatic rings. The quantitative estimate of drug-likeness (QED) is 0.553. The number of nitrogens with zero attached hydrogens (tertiary/aromatic N) is 1. The number of hydrogen-bond donors (Lipinski definition) is 1. The predicted octanol–water partition coefficient (Wildman–Crippen LogP) is 2.67. The van der Waals surface area contributed by atoms with E-state index in [0.29, 0.717) is 17.3 Å². The van der Waals surface area contributed by atoms with Crippen LogP contribution >= 0.6 is 35.0 Å². The fourth-order valence-corrected chi connectivity index (χ4v) is 3.37. The lowest BCUT2D eigenvalue weighted by molar-refractivity contribution is -0.143. The topological polar surface area (TPSA) is 110 Å². The smallest absolute Gasteiger partial charge is 0.341 e. The standard InChI is InChI=1S/C15H11Cl2NO7S/c1-24-12(21)5-18-14(22)10(26-15(18)23)4-7-2-8(16)13(9(17)3-7)25-6-11(19)20/h2-4H,5-6H2,1H3,(H,19,20)/b10-4+. The number of esters is 1. The number of rotatable bonds is 6. The Labute approximate surface area is 161 Å². The van der Waals surface area contributed by atoms with Crippen molar-refractivity contribution in [3.8, 4) is 5.75 Å². The summed E-state index contributed by atoms with van der Waals surface area (Å²) in [5.74, 6) is -2.57. The van der Waals surface area contributed by atoms with E-state index in [1.54, 1.807) is 0 Å². The second-order valence-corrected chi connectivity index (χ2v) is 6.65. The number of carbonyl (C=O) groups is 4. The van der Waals surface area contributed by atoms with Crippen molar-refractivity contribution in [3.05, 3.63) is 32.6 Å². The van der Waals surface area contributed by atoms with Crippen molar-refractivity contribution in [1.82, 2.24) is 4.90 Å². The maximum atomic E-state index is 12.2. The van der Waals surface area contributed by atoms with Crippen LogP contribution in [0, 0.1) is 0 Å². The van der Waals surface area contributed by atoms with Crippen LogP contribution in [0.25, 0.3) is 6.08 Å². The minimum atomic E-state index is -1.19. The third kappa shape index (κ3) is 4.69. The van der Waals surface area contributed by atoms with Gasteiger partial charge in [0.05, 0.1) is 22.1 Å². The third-order valence-corrected chi connectivity index (χ3v) is 4.52. The highest BCUT2D eigenvalue weighted by Crippen LogP contribution is 2.37. The molecule has 8 nitrogen and oxygen atoms in total. The summed E-state index contributed by atoms with van der Waals surface area (Å²) in [6.07, 6.45) is 1.38. The van der Waals surface area contributed by atoms with E-state index in [2.05, 4.69) is 4.74 Å². The molecule has 0 radical (unpaired) electrons. The van der Waals surface area contributed by atoms with Crippen LogP contribution in [-0.4, -0.2) is 53.4 Å². The fourth-order valence-electron chi connectivity index (χ4n) is 1.92. The molecule has 0 aliphatic carbocycles. The summed E-state index contributed by atoms with van der Waals surface area (Å²) in [6, 6.07) is 2.80. The highest BCUT2D eigenvalue weighted by atomic mass is 35.5. The third-order valence-electron chi connectivity index (χ3n) is 3.05. The number of aliphatic carboxylic acids is 1. The molecule has 2 rings (SSSR count). The molecule has 2 amide bonds. The lowest BCUT2D eigenvalue weighted by Crippen LogP contribution is -2.34. The van der Waals surface area contributed by atoms with Crippen LogP contribution in [0.1, 0.15) is 5.56 Å². The van der Waals surface area contributed by atoms with Crippen LogP contribution in [0.15, 0.2) is 17.0 Å². The van der Waals surface area contributed by atoms with E-state index >= 15 is 0 Å². The highest BCUT2D eigenvalue weighted by Gasteiger charge is 2.36. The molecule has 0 atom stereocenters. The molecule has 0 saturated carbocycles. The first kappa shape index (κ1) is 20.1. The van der Waals surface area contributed by atoms with Gasteiger partial charge in [-0.25, -0.2) is 4.79 Å². The second-order valence-electron chi connectivity index (χ2n) is 4.84. The Hall–Kier alpha value is -2.23. The van der Waals surface area contributed by atoms with Gasteiger partial charge in [-0.3, -0.25) is 19.3 Å². The number of imide groups is 1. The lowest BCUT2D eigenvalue weighted by Gasteiger charge is -2.10. The van der Waals surface area contributed by atoms with Crippen LogP contribution in [0.2, 0.25) is 10.0 Å². The zero-order valence-corrected chi connectivity index (χ0v) is 15.5. The van der Waals surface area contributed by atoms with Crippen LogP contribution in [0.4, 0.5) is 4.79 Å². The van der Waals surface area contributed by atoms with Crippen LogP contribution in [-0.2, 0) is 19.1 Å². The van der Waals surface area contributed by atoms with Crippen molar-refractivity contribution in [2.75, 3.05) is 20.3 Å². The van der Waals surface area contributed by atoms with Gasteiger partial charge in [0.1, 0.15) is 6.54 Å². The van der Waals surface area contributed by atoms with Gasteiger partial charge in [-0.05, 0) is 35.5 Å². The molecule has 1 aliphatic heterocycles. The SMILES string of the molecule is COC(=O)CN1C(=O)S/C(=C/c2cc(Cl)c(OCC(=O)O)c(Cl)c2)C1=O. The Kier molecular flexibility index (Phi) is 6.52. The summed E-state index contributed by atoms with van der Waals surface area (Å²) < 4.78 is 9.44. The normalized spacial score (nSPS) is 15.5. The Bertz CT molecular complexity index is 801. The summed E-state index contributed by atoms with van der Waals surface area (Å²) in [5.41, 5.74) is 0.395. The van der Waals surface area contributed by atoms with Crippen molar-refractivity contribution < 1.29 is 33.8 Å². The molecule has 1 aliphatic rings. The molecule has 0 spiro atoms. The van der Waals surface area contributed by atoms with E-state index in [1.807, 2.05) is 0 Å². The molecule has 1 saturated heterocycles. The maximum absolute atomic E-state index is 12.2. The molecule has 1 aromatic carbocycles. The van der Waals surface area contributed by atoms with Crippen molar-refractivity contribution in [3.63, 3.8) is 0 Å². The van der Waals surface area contributed by atoms with E-state index in [9.17, 15) is 19.2 Å². The summed E-state index contributed by atoms with van der Waals surface area (Å²) in [6.45, 7) is -1.10.